The molecule has 208 valence electrons. The molecule has 0 spiro atoms. The minimum Gasteiger partial charge on any atom is -0.478 e. The Hall–Kier alpha value is -3.13. The van der Waals surface area contributed by atoms with Crippen LogP contribution < -0.4 is 10.6 Å². The second kappa shape index (κ2) is 10.6. The quantitative estimate of drug-likeness (QED) is 0.476. The van der Waals surface area contributed by atoms with Crippen LogP contribution in [0.3, 0.4) is 0 Å². The van der Waals surface area contributed by atoms with Gasteiger partial charge in [-0.25, -0.2) is 4.79 Å². The number of aryl methyl sites for hydroxylation is 1. The molecule has 1 aliphatic rings. The fraction of sp³-hybridized carbons (Fsp3) is 0.567. The van der Waals surface area contributed by atoms with E-state index in [1.165, 1.54) is 6.92 Å². The van der Waals surface area contributed by atoms with Crippen LogP contribution >= 0.6 is 0 Å². The molecule has 0 aliphatic carbocycles. The van der Waals surface area contributed by atoms with E-state index in [9.17, 15) is 19.5 Å². The number of aromatic nitrogens is 1. The van der Waals surface area contributed by atoms with Crippen LogP contribution in [0.4, 0.5) is 0 Å². The van der Waals surface area contributed by atoms with Crippen molar-refractivity contribution in [1.82, 2.24) is 20.1 Å². The molecule has 1 aromatic carbocycles. The fourth-order valence-corrected chi connectivity index (χ4v) is 5.69. The van der Waals surface area contributed by atoms with E-state index in [4.69, 9.17) is 0 Å². The van der Waals surface area contributed by atoms with Crippen molar-refractivity contribution in [3.05, 3.63) is 47.2 Å². The summed E-state index contributed by atoms with van der Waals surface area (Å²) < 4.78 is 2.18. The van der Waals surface area contributed by atoms with Crippen molar-refractivity contribution in [1.29, 1.82) is 0 Å². The fourth-order valence-electron chi connectivity index (χ4n) is 5.69. The zero-order chi connectivity index (χ0) is 28.7. The summed E-state index contributed by atoms with van der Waals surface area (Å²) in [6.07, 6.45) is 1.61. The third-order valence-electron chi connectivity index (χ3n) is 7.97. The number of fused-ring (bicyclic) bond motifs is 3. The maximum Gasteiger partial charge on any atom is 0.331 e. The van der Waals surface area contributed by atoms with E-state index in [0.717, 1.165) is 22.2 Å². The molecular weight excluding hydrogens is 480 g/mol. The standard InChI is InChI=1S/C30H44N4O4/c1-17(2)21(15-18(3)28(37)38)34(10)27(36)25(29(4,5)6)32-26(35)24-30(7,8)23-19-13-11-12-14-20(19)33(9)22(23)16-31-24/h11-15,17,21,24-25,31H,16H2,1-10H3,(H,32,35)(H,37,38)/b18-15+/t21-,24-,25-/m1/s1. The first-order valence-electron chi connectivity index (χ1n) is 13.3. The number of hydrogen-bond acceptors (Lipinski definition) is 4. The second-order valence-electron chi connectivity index (χ2n) is 12.6. The maximum atomic E-state index is 13.9. The molecule has 0 saturated carbocycles. The predicted octanol–water partition coefficient (Wildman–Crippen LogP) is 3.97. The number of para-hydroxylation sites is 1. The van der Waals surface area contributed by atoms with E-state index < -0.39 is 34.9 Å². The van der Waals surface area contributed by atoms with Gasteiger partial charge >= 0.3 is 5.97 Å². The molecule has 2 amide bonds. The van der Waals surface area contributed by atoms with Crippen LogP contribution in [0, 0.1) is 11.3 Å². The summed E-state index contributed by atoms with van der Waals surface area (Å²) in [5.41, 5.74) is 2.51. The van der Waals surface area contributed by atoms with Gasteiger partial charge in [0.25, 0.3) is 0 Å². The molecule has 8 heteroatoms. The molecule has 0 fully saturated rings. The summed E-state index contributed by atoms with van der Waals surface area (Å²) in [5.74, 6) is -1.51. The van der Waals surface area contributed by atoms with E-state index in [1.54, 1.807) is 18.0 Å². The highest BCUT2D eigenvalue weighted by Gasteiger charge is 2.46. The Morgan fingerprint density at radius 1 is 1.21 bits per heavy atom. The van der Waals surface area contributed by atoms with Gasteiger partial charge in [0.15, 0.2) is 0 Å². The molecule has 1 aliphatic heterocycles. The van der Waals surface area contributed by atoms with Gasteiger partial charge in [-0.1, -0.05) is 72.7 Å². The van der Waals surface area contributed by atoms with Crippen molar-refractivity contribution in [2.75, 3.05) is 7.05 Å². The number of rotatable bonds is 7. The number of carbonyl (C=O) groups is 3. The van der Waals surface area contributed by atoms with E-state index in [1.807, 2.05) is 46.8 Å². The Morgan fingerprint density at radius 2 is 1.82 bits per heavy atom. The van der Waals surface area contributed by atoms with Crippen molar-refractivity contribution in [2.24, 2.45) is 18.4 Å². The molecular formula is C30H44N4O4. The van der Waals surface area contributed by atoms with Crippen molar-refractivity contribution in [2.45, 2.75) is 85.5 Å². The SMILES string of the molecule is C/C(=C\[C@H](C(C)C)N(C)C(=O)[C@@H](NC(=O)[C@H]1NCc2c(c3ccccc3n2C)C1(C)C)C(C)(C)C)C(=O)O. The largest absolute Gasteiger partial charge is 0.478 e. The number of carbonyl (C=O) groups excluding carboxylic acids is 2. The van der Waals surface area contributed by atoms with E-state index in [0.29, 0.717) is 6.54 Å². The summed E-state index contributed by atoms with van der Waals surface area (Å²) >= 11 is 0. The summed E-state index contributed by atoms with van der Waals surface area (Å²) in [7, 11) is 3.73. The monoisotopic (exact) mass is 524 g/mol. The number of carboxylic acid groups (broad SMARTS) is 1. The predicted molar refractivity (Wildman–Crippen MR) is 151 cm³/mol. The van der Waals surface area contributed by atoms with Gasteiger partial charge in [-0.05, 0) is 29.9 Å². The number of amides is 2. The lowest BCUT2D eigenvalue weighted by molar-refractivity contribution is -0.141. The number of nitrogens with zero attached hydrogens (tertiary/aromatic N) is 2. The molecule has 1 aromatic heterocycles. The van der Waals surface area contributed by atoms with Gasteiger partial charge in [0.1, 0.15) is 6.04 Å². The van der Waals surface area contributed by atoms with Crippen LogP contribution in [-0.2, 0) is 33.4 Å². The van der Waals surface area contributed by atoms with Crippen LogP contribution in [-0.4, -0.2) is 57.5 Å². The van der Waals surface area contributed by atoms with Gasteiger partial charge < -0.3 is 19.9 Å². The molecule has 2 aromatic rings. The lowest BCUT2D eigenvalue weighted by Crippen LogP contribution is -2.63. The third-order valence-corrected chi connectivity index (χ3v) is 7.97. The van der Waals surface area contributed by atoms with Gasteiger partial charge in [0, 0.05) is 48.2 Å². The summed E-state index contributed by atoms with van der Waals surface area (Å²) in [6.45, 7) is 15.9. The average Bonchev–Trinajstić information content (AvgIpc) is 3.12. The van der Waals surface area contributed by atoms with Gasteiger partial charge in [-0.3, -0.25) is 14.9 Å². The van der Waals surface area contributed by atoms with Crippen molar-refractivity contribution >= 4 is 28.7 Å². The van der Waals surface area contributed by atoms with Crippen LogP contribution in [0.5, 0.6) is 0 Å². The first kappa shape index (κ1) is 29.4. The van der Waals surface area contributed by atoms with Crippen LogP contribution in [0.25, 0.3) is 10.9 Å². The molecule has 3 rings (SSSR count). The molecule has 0 unspecified atom stereocenters. The van der Waals surface area contributed by atoms with Gasteiger partial charge in [-0.2, -0.15) is 0 Å². The molecule has 3 atom stereocenters. The minimum absolute atomic E-state index is 0.0155. The summed E-state index contributed by atoms with van der Waals surface area (Å²) in [5, 5.41) is 17.0. The summed E-state index contributed by atoms with van der Waals surface area (Å²) in [4.78, 5) is 40.8. The van der Waals surface area contributed by atoms with E-state index in [-0.39, 0.29) is 23.3 Å². The van der Waals surface area contributed by atoms with Gasteiger partial charge in [0.2, 0.25) is 11.8 Å². The Labute approximate surface area is 226 Å². The zero-order valence-electron chi connectivity index (χ0n) is 24.5. The molecule has 0 radical (unpaired) electrons. The first-order valence-corrected chi connectivity index (χ1v) is 13.3. The lowest BCUT2D eigenvalue weighted by Gasteiger charge is -2.42. The average molecular weight is 525 g/mol. The highest BCUT2D eigenvalue weighted by atomic mass is 16.4. The Bertz CT molecular complexity index is 1270. The van der Waals surface area contributed by atoms with Crippen LogP contribution in [0.15, 0.2) is 35.9 Å². The maximum absolute atomic E-state index is 13.9. The zero-order valence-corrected chi connectivity index (χ0v) is 24.5. The Kier molecular flexibility index (Phi) is 8.18. The molecule has 3 N–H and O–H groups in total. The highest BCUT2D eigenvalue weighted by Crippen LogP contribution is 2.40. The highest BCUT2D eigenvalue weighted by molar-refractivity contribution is 5.94. The number of hydrogen-bond donors (Lipinski definition) is 3. The molecule has 0 saturated heterocycles. The smallest absolute Gasteiger partial charge is 0.331 e. The molecule has 38 heavy (non-hydrogen) atoms. The molecule has 8 nitrogen and oxygen atoms in total. The summed E-state index contributed by atoms with van der Waals surface area (Å²) in [6, 6.07) is 6.46. The number of likely N-dealkylation sites (N-methyl/N-ethyl adjacent to an activating group) is 1. The Morgan fingerprint density at radius 3 is 2.37 bits per heavy atom. The number of nitrogens with one attached hydrogen (secondary N) is 2. The molecule has 2 heterocycles. The molecule has 0 bridgehead atoms. The van der Waals surface area contributed by atoms with E-state index >= 15 is 0 Å². The lowest BCUT2D eigenvalue weighted by atomic mass is 9.73. The third kappa shape index (κ3) is 5.37. The van der Waals surface area contributed by atoms with Crippen LogP contribution in [0.2, 0.25) is 0 Å². The number of benzene rings is 1. The topological polar surface area (TPSA) is 104 Å². The number of aliphatic carboxylic acids is 1. The van der Waals surface area contributed by atoms with E-state index in [2.05, 4.69) is 48.2 Å². The minimum atomic E-state index is -1.02. The van der Waals surface area contributed by atoms with Crippen LogP contribution in [0.1, 0.15) is 66.6 Å². The second-order valence-corrected chi connectivity index (χ2v) is 12.6. The van der Waals surface area contributed by atoms with Gasteiger partial charge in [0.05, 0.1) is 12.1 Å². The first-order chi connectivity index (χ1) is 17.5. The normalized spacial score (nSPS) is 19.1. The van der Waals surface area contributed by atoms with Crippen molar-refractivity contribution < 1.29 is 19.5 Å². The van der Waals surface area contributed by atoms with Crippen molar-refractivity contribution in [3.8, 4) is 0 Å². The number of carboxylic acids is 1. The van der Waals surface area contributed by atoms with Gasteiger partial charge in [-0.15, -0.1) is 0 Å². The van der Waals surface area contributed by atoms with Crippen molar-refractivity contribution in [3.63, 3.8) is 0 Å². The Balaban J connectivity index is 1.93.